The lowest BCUT2D eigenvalue weighted by molar-refractivity contribution is 0.294. The van der Waals surface area contributed by atoms with Crippen LogP contribution in [0.25, 0.3) is 0 Å². The van der Waals surface area contributed by atoms with Gasteiger partial charge in [-0.15, -0.1) is 0 Å². The fourth-order valence-electron chi connectivity index (χ4n) is 1.80. The molecule has 78 valence electrons. The molecule has 0 saturated heterocycles. The van der Waals surface area contributed by atoms with E-state index in [0.29, 0.717) is 0 Å². The SMILES string of the molecule is CC(C)(CN)CNC1CCCCC1. The predicted molar refractivity (Wildman–Crippen MR) is 57.7 cm³/mol. The van der Waals surface area contributed by atoms with Crippen LogP contribution in [-0.4, -0.2) is 19.1 Å². The van der Waals surface area contributed by atoms with Gasteiger partial charge in [0.25, 0.3) is 0 Å². The lowest BCUT2D eigenvalue weighted by atomic mass is 9.91. The molecular weight excluding hydrogens is 160 g/mol. The molecule has 0 aliphatic heterocycles. The summed E-state index contributed by atoms with van der Waals surface area (Å²) in [5.74, 6) is 0. The van der Waals surface area contributed by atoms with Crippen LogP contribution in [0.1, 0.15) is 46.0 Å². The van der Waals surface area contributed by atoms with Crippen LogP contribution >= 0.6 is 0 Å². The lowest BCUT2D eigenvalue weighted by Gasteiger charge is -2.29. The minimum absolute atomic E-state index is 0.261. The van der Waals surface area contributed by atoms with Crippen LogP contribution in [0, 0.1) is 5.41 Å². The van der Waals surface area contributed by atoms with Crippen molar-refractivity contribution in [1.29, 1.82) is 0 Å². The molecule has 0 radical (unpaired) electrons. The number of nitrogens with one attached hydrogen (secondary N) is 1. The van der Waals surface area contributed by atoms with Gasteiger partial charge in [-0.1, -0.05) is 33.1 Å². The monoisotopic (exact) mass is 184 g/mol. The smallest absolute Gasteiger partial charge is 0.00673 e. The number of hydrogen-bond acceptors (Lipinski definition) is 2. The van der Waals surface area contributed by atoms with Crippen LogP contribution in [0.3, 0.4) is 0 Å². The van der Waals surface area contributed by atoms with Crippen molar-refractivity contribution < 1.29 is 0 Å². The van der Waals surface area contributed by atoms with Crippen LogP contribution < -0.4 is 11.1 Å². The first-order chi connectivity index (χ1) is 6.14. The molecule has 0 bridgehead atoms. The molecule has 1 saturated carbocycles. The Bertz CT molecular complexity index is 137. The Morgan fingerprint density at radius 3 is 2.38 bits per heavy atom. The minimum Gasteiger partial charge on any atom is -0.330 e. The molecule has 1 rings (SSSR count). The van der Waals surface area contributed by atoms with E-state index in [9.17, 15) is 0 Å². The summed E-state index contributed by atoms with van der Waals surface area (Å²) >= 11 is 0. The summed E-state index contributed by atoms with van der Waals surface area (Å²) in [6, 6.07) is 0.763. The highest BCUT2D eigenvalue weighted by atomic mass is 14.9. The summed E-state index contributed by atoms with van der Waals surface area (Å²) < 4.78 is 0. The predicted octanol–water partition coefficient (Wildman–Crippen LogP) is 1.89. The van der Waals surface area contributed by atoms with Gasteiger partial charge >= 0.3 is 0 Å². The van der Waals surface area contributed by atoms with Gasteiger partial charge in [-0.25, -0.2) is 0 Å². The highest BCUT2D eigenvalue weighted by molar-refractivity contribution is 4.77. The second-order valence-electron chi connectivity index (χ2n) is 5.08. The zero-order chi connectivity index (χ0) is 9.73. The molecule has 3 N–H and O–H groups in total. The van der Waals surface area contributed by atoms with Crippen molar-refractivity contribution in [3.05, 3.63) is 0 Å². The summed E-state index contributed by atoms with van der Waals surface area (Å²) in [4.78, 5) is 0. The van der Waals surface area contributed by atoms with Crippen LogP contribution in [0.2, 0.25) is 0 Å². The van der Waals surface area contributed by atoms with E-state index in [0.717, 1.165) is 19.1 Å². The van der Waals surface area contributed by atoms with Crippen LogP contribution in [-0.2, 0) is 0 Å². The van der Waals surface area contributed by atoms with Gasteiger partial charge in [0.2, 0.25) is 0 Å². The summed E-state index contributed by atoms with van der Waals surface area (Å²) in [6.07, 6.45) is 6.96. The Morgan fingerprint density at radius 1 is 1.23 bits per heavy atom. The summed E-state index contributed by atoms with van der Waals surface area (Å²) in [5.41, 5.74) is 5.94. The quantitative estimate of drug-likeness (QED) is 0.700. The molecule has 1 fully saturated rings. The number of rotatable bonds is 4. The second-order valence-corrected chi connectivity index (χ2v) is 5.08. The lowest BCUT2D eigenvalue weighted by Crippen LogP contribution is -2.41. The molecule has 0 aromatic rings. The Balaban J connectivity index is 2.17. The standard InChI is InChI=1S/C11H24N2/c1-11(2,8-12)9-13-10-6-4-3-5-7-10/h10,13H,3-9,12H2,1-2H3. The average molecular weight is 184 g/mol. The topological polar surface area (TPSA) is 38.0 Å². The van der Waals surface area contributed by atoms with Crippen molar-refractivity contribution in [2.45, 2.75) is 52.0 Å². The van der Waals surface area contributed by atoms with Gasteiger partial charge in [0.1, 0.15) is 0 Å². The molecule has 0 aromatic heterocycles. The Kier molecular flexibility index (Phi) is 4.20. The van der Waals surface area contributed by atoms with Crippen molar-refractivity contribution in [3.63, 3.8) is 0 Å². The third-order valence-electron chi connectivity index (χ3n) is 3.03. The highest BCUT2D eigenvalue weighted by Crippen LogP contribution is 2.19. The molecule has 0 spiro atoms. The van der Waals surface area contributed by atoms with E-state index in [-0.39, 0.29) is 5.41 Å². The maximum absolute atomic E-state index is 5.68. The van der Waals surface area contributed by atoms with E-state index in [1.54, 1.807) is 0 Å². The van der Waals surface area contributed by atoms with Gasteiger partial charge in [-0.05, 0) is 24.8 Å². The Labute approximate surface area is 82.3 Å². The first-order valence-electron chi connectivity index (χ1n) is 5.57. The normalized spacial score (nSPS) is 20.5. The van der Waals surface area contributed by atoms with Crippen LogP contribution in [0.15, 0.2) is 0 Å². The van der Waals surface area contributed by atoms with E-state index in [4.69, 9.17) is 5.73 Å². The number of hydrogen-bond donors (Lipinski definition) is 2. The van der Waals surface area contributed by atoms with Crippen molar-refractivity contribution in [1.82, 2.24) is 5.32 Å². The molecule has 0 aromatic carbocycles. The Morgan fingerprint density at radius 2 is 1.85 bits per heavy atom. The summed E-state index contributed by atoms with van der Waals surface area (Å²) in [6.45, 7) is 6.28. The van der Waals surface area contributed by atoms with E-state index in [1.807, 2.05) is 0 Å². The molecule has 0 amide bonds. The molecule has 1 aliphatic carbocycles. The second kappa shape index (κ2) is 4.97. The van der Waals surface area contributed by atoms with Gasteiger partial charge in [-0.2, -0.15) is 0 Å². The average Bonchev–Trinajstić information content (AvgIpc) is 2.17. The van der Waals surface area contributed by atoms with Crippen LogP contribution in [0.5, 0.6) is 0 Å². The number of nitrogens with two attached hydrogens (primary N) is 1. The first-order valence-corrected chi connectivity index (χ1v) is 5.57. The van der Waals surface area contributed by atoms with Gasteiger partial charge in [0.05, 0.1) is 0 Å². The highest BCUT2D eigenvalue weighted by Gasteiger charge is 2.18. The molecule has 0 unspecified atom stereocenters. The molecule has 2 nitrogen and oxygen atoms in total. The maximum atomic E-state index is 5.68. The van der Waals surface area contributed by atoms with E-state index in [1.165, 1.54) is 32.1 Å². The molecule has 0 heterocycles. The van der Waals surface area contributed by atoms with E-state index >= 15 is 0 Å². The fraction of sp³-hybridized carbons (Fsp3) is 1.00. The molecule has 0 atom stereocenters. The van der Waals surface area contributed by atoms with E-state index < -0.39 is 0 Å². The van der Waals surface area contributed by atoms with Crippen LogP contribution in [0.4, 0.5) is 0 Å². The fourth-order valence-corrected chi connectivity index (χ4v) is 1.80. The van der Waals surface area contributed by atoms with Gasteiger partial charge in [0, 0.05) is 12.6 Å². The Hall–Kier alpha value is -0.0800. The largest absolute Gasteiger partial charge is 0.330 e. The van der Waals surface area contributed by atoms with Crippen molar-refractivity contribution in [2.75, 3.05) is 13.1 Å². The maximum Gasteiger partial charge on any atom is 0.00673 e. The molecule has 1 aliphatic rings. The summed E-state index contributed by atoms with van der Waals surface area (Å²) in [5, 5.41) is 3.63. The minimum atomic E-state index is 0.261. The third kappa shape index (κ3) is 4.10. The van der Waals surface area contributed by atoms with Crippen molar-refractivity contribution >= 4 is 0 Å². The molecule has 13 heavy (non-hydrogen) atoms. The molecular formula is C11H24N2. The third-order valence-corrected chi connectivity index (χ3v) is 3.03. The molecule has 2 heteroatoms. The van der Waals surface area contributed by atoms with Gasteiger partial charge in [0.15, 0.2) is 0 Å². The first kappa shape index (κ1) is 11.0. The zero-order valence-corrected chi connectivity index (χ0v) is 9.10. The van der Waals surface area contributed by atoms with Crippen molar-refractivity contribution in [2.24, 2.45) is 11.1 Å². The summed E-state index contributed by atoms with van der Waals surface area (Å²) in [7, 11) is 0. The van der Waals surface area contributed by atoms with Crippen molar-refractivity contribution in [3.8, 4) is 0 Å². The van der Waals surface area contributed by atoms with Gasteiger partial charge < -0.3 is 11.1 Å². The van der Waals surface area contributed by atoms with E-state index in [2.05, 4.69) is 19.2 Å². The zero-order valence-electron chi connectivity index (χ0n) is 9.10. The van der Waals surface area contributed by atoms with Gasteiger partial charge in [-0.3, -0.25) is 0 Å².